The molecule has 0 spiro atoms. The lowest BCUT2D eigenvalue weighted by Gasteiger charge is -2.34. The largest absolute Gasteiger partial charge is 0.371 e. The minimum absolute atomic E-state index is 0.162. The predicted octanol–water partition coefficient (Wildman–Crippen LogP) is 2.91. The van der Waals surface area contributed by atoms with Crippen molar-refractivity contribution in [3.05, 3.63) is 34.7 Å². The maximum Gasteiger partial charge on any atom is 0.261 e. The van der Waals surface area contributed by atoms with Crippen molar-refractivity contribution in [2.24, 2.45) is 0 Å². The van der Waals surface area contributed by atoms with Gasteiger partial charge in [-0.15, -0.1) is 11.3 Å². The lowest BCUT2D eigenvalue weighted by atomic mass is 10.0. The molecule has 1 saturated carbocycles. The number of ether oxygens (including phenoxy) is 1. The Bertz CT molecular complexity index is 948. The average Bonchev–Trinajstić information content (AvgIpc) is 3.35. The van der Waals surface area contributed by atoms with Gasteiger partial charge in [0.2, 0.25) is 10.0 Å². The molecule has 1 aliphatic heterocycles. The summed E-state index contributed by atoms with van der Waals surface area (Å²) in [5, 5.41) is 3.39. The van der Waals surface area contributed by atoms with Gasteiger partial charge in [-0.25, -0.2) is 8.42 Å². The molecule has 2 aromatic rings. The number of nitrogens with one attached hydrogen (secondary N) is 1. The molecule has 146 valence electrons. The Morgan fingerprint density at radius 1 is 1.26 bits per heavy atom. The van der Waals surface area contributed by atoms with Gasteiger partial charge in [-0.05, 0) is 24.3 Å². The Balaban J connectivity index is 1.70. The fourth-order valence-electron chi connectivity index (χ4n) is 4.10. The smallest absolute Gasteiger partial charge is 0.261 e. The third-order valence-electron chi connectivity index (χ3n) is 5.50. The van der Waals surface area contributed by atoms with Gasteiger partial charge < -0.3 is 10.1 Å². The number of hydrogen-bond donors (Lipinski definition) is 1. The first-order valence-electron chi connectivity index (χ1n) is 9.36. The van der Waals surface area contributed by atoms with Crippen LogP contribution in [0.4, 0.5) is 0 Å². The Kier molecular flexibility index (Phi) is 5.24. The van der Waals surface area contributed by atoms with Crippen molar-refractivity contribution in [3.63, 3.8) is 0 Å². The summed E-state index contributed by atoms with van der Waals surface area (Å²) in [7, 11) is -1.72. The van der Waals surface area contributed by atoms with Crippen LogP contribution in [0.5, 0.6) is 0 Å². The number of amides is 1. The summed E-state index contributed by atoms with van der Waals surface area (Å²) in [5.74, 6) is -0.162. The number of nitrogens with zero attached hydrogens (tertiary/aromatic N) is 1. The topological polar surface area (TPSA) is 75.7 Å². The van der Waals surface area contributed by atoms with E-state index in [9.17, 15) is 13.2 Å². The van der Waals surface area contributed by atoms with Crippen LogP contribution in [0.1, 0.15) is 47.0 Å². The zero-order valence-electron chi connectivity index (χ0n) is 15.3. The molecule has 1 amide bonds. The normalized spacial score (nSPS) is 22.3. The van der Waals surface area contributed by atoms with E-state index in [4.69, 9.17) is 4.74 Å². The monoisotopic (exact) mass is 408 g/mol. The summed E-state index contributed by atoms with van der Waals surface area (Å²) in [6, 6.07) is 7.82. The van der Waals surface area contributed by atoms with Gasteiger partial charge in [0, 0.05) is 30.4 Å². The van der Waals surface area contributed by atoms with E-state index in [1.807, 2.05) is 24.3 Å². The summed E-state index contributed by atoms with van der Waals surface area (Å²) in [5.41, 5.74) is 0.807. The van der Waals surface area contributed by atoms with Crippen molar-refractivity contribution in [1.82, 2.24) is 9.62 Å². The Morgan fingerprint density at radius 3 is 2.74 bits per heavy atom. The zero-order valence-corrected chi connectivity index (χ0v) is 16.9. The average molecular weight is 409 g/mol. The van der Waals surface area contributed by atoms with Gasteiger partial charge in [-0.2, -0.15) is 4.31 Å². The SMILES string of the molecule is CNC(=O)c1sc2ccccc2c1[C@@H]1CN(S(=O)(=O)C2CCCC2)CCO1. The maximum absolute atomic E-state index is 13.0. The van der Waals surface area contributed by atoms with E-state index < -0.39 is 16.1 Å². The highest BCUT2D eigenvalue weighted by molar-refractivity contribution is 7.89. The van der Waals surface area contributed by atoms with Gasteiger partial charge >= 0.3 is 0 Å². The molecule has 1 aromatic heterocycles. The first-order valence-corrected chi connectivity index (χ1v) is 11.7. The highest BCUT2D eigenvalue weighted by Crippen LogP contribution is 2.39. The highest BCUT2D eigenvalue weighted by Gasteiger charge is 2.38. The number of carbonyl (C=O) groups is 1. The molecular weight excluding hydrogens is 384 g/mol. The van der Waals surface area contributed by atoms with Crippen LogP contribution in [0.2, 0.25) is 0 Å². The molecule has 27 heavy (non-hydrogen) atoms. The van der Waals surface area contributed by atoms with Crippen molar-refractivity contribution in [2.45, 2.75) is 37.0 Å². The molecule has 1 aliphatic carbocycles. The molecule has 0 radical (unpaired) electrons. The summed E-state index contributed by atoms with van der Waals surface area (Å²) in [4.78, 5) is 13.0. The fraction of sp³-hybridized carbons (Fsp3) is 0.526. The zero-order chi connectivity index (χ0) is 19.0. The van der Waals surface area contributed by atoms with E-state index in [2.05, 4.69) is 5.32 Å². The van der Waals surface area contributed by atoms with E-state index in [-0.39, 0.29) is 17.7 Å². The fourth-order valence-corrected chi connectivity index (χ4v) is 7.32. The van der Waals surface area contributed by atoms with Crippen LogP contribution >= 0.6 is 11.3 Å². The minimum atomic E-state index is -3.32. The molecule has 2 aliphatic rings. The molecule has 0 bridgehead atoms. The summed E-state index contributed by atoms with van der Waals surface area (Å²) >= 11 is 1.42. The number of rotatable bonds is 4. The lowest BCUT2D eigenvalue weighted by molar-refractivity contribution is -0.00218. The number of sulfonamides is 1. The first-order chi connectivity index (χ1) is 13.0. The quantitative estimate of drug-likeness (QED) is 0.844. The molecule has 2 heterocycles. The highest BCUT2D eigenvalue weighted by atomic mass is 32.2. The maximum atomic E-state index is 13.0. The van der Waals surface area contributed by atoms with Gasteiger partial charge in [0.25, 0.3) is 5.91 Å². The molecule has 1 atom stereocenters. The van der Waals surface area contributed by atoms with Crippen LogP contribution < -0.4 is 5.32 Å². The van der Waals surface area contributed by atoms with Crippen LogP contribution in [0.25, 0.3) is 10.1 Å². The number of morpholine rings is 1. The third kappa shape index (κ3) is 3.40. The molecule has 6 nitrogen and oxygen atoms in total. The van der Waals surface area contributed by atoms with Crippen LogP contribution in [0, 0.1) is 0 Å². The molecule has 1 saturated heterocycles. The number of hydrogen-bond acceptors (Lipinski definition) is 5. The third-order valence-corrected chi connectivity index (χ3v) is 9.05. The Morgan fingerprint density at radius 2 is 2.00 bits per heavy atom. The van der Waals surface area contributed by atoms with Gasteiger partial charge in [0.05, 0.1) is 22.8 Å². The minimum Gasteiger partial charge on any atom is -0.371 e. The van der Waals surface area contributed by atoms with Crippen molar-refractivity contribution < 1.29 is 17.9 Å². The summed E-state index contributed by atoms with van der Waals surface area (Å²) in [6.07, 6.45) is 3.02. The molecule has 8 heteroatoms. The van der Waals surface area contributed by atoms with Crippen LogP contribution in [0.15, 0.2) is 24.3 Å². The standard InChI is InChI=1S/C19H24N2O4S2/c1-20-19(22)18-17(14-8-4-5-9-16(14)26-18)15-12-21(10-11-25-15)27(23,24)13-6-2-3-7-13/h4-5,8-9,13,15H,2-3,6-7,10-12H2,1H3,(H,20,22)/t15-/m0/s1. The van der Waals surface area contributed by atoms with Crippen molar-refractivity contribution in [2.75, 3.05) is 26.7 Å². The number of carbonyl (C=O) groups excluding carboxylic acids is 1. The second-order valence-electron chi connectivity index (χ2n) is 7.09. The van der Waals surface area contributed by atoms with Crippen LogP contribution in [-0.4, -0.2) is 50.6 Å². The summed E-state index contributed by atoms with van der Waals surface area (Å²) < 4.78 is 34.6. The predicted molar refractivity (Wildman–Crippen MR) is 107 cm³/mol. The van der Waals surface area contributed by atoms with Gasteiger partial charge in [0.15, 0.2) is 0 Å². The second kappa shape index (κ2) is 7.50. The first kappa shape index (κ1) is 18.9. The van der Waals surface area contributed by atoms with E-state index in [0.29, 0.717) is 18.0 Å². The van der Waals surface area contributed by atoms with Crippen molar-refractivity contribution >= 4 is 37.4 Å². The van der Waals surface area contributed by atoms with E-state index in [0.717, 1.165) is 41.3 Å². The van der Waals surface area contributed by atoms with Crippen LogP contribution in [-0.2, 0) is 14.8 Å². The molecule has 1 aromatic carbocycles. The van der Waals surface area contributed by atoms with E-state index in [1.54, 1.807) is 11.4 Å². The molecule has 1 N–H and O–H groups in total. The van der Waals surface area contributed by atoms with Gasteiger partial charge in [-0.1, -0.05) is 31.0 Å². The second-order valence-corrected chi connectivity index (χ2v) is 10.4. The number of fused-ring (bicyclic) bond motifs is 1. The molecule has 4 rings (SSSR count). The van der Waals surface area contributed by atoms with E-state index in [1.165, 1.54) is 11.3 Å². The molecular formula is C19H24N2O4S2. The molecule has 0 unspecified atom stereocenters. The Labute approximate surface area is 163 Å². The molecule has 2 fully saturated rings. The van der Waals surface area contributed by atoms with E-state index >= 15 is 0 Å². The van der Waals surface area contributed by atoms with Gasteiger partial charge in [0.1, 0.15) is 0 Å². The Hall–Kier alpha value is -1.48. The van der Waals surface area contributed by atoms with Crippen molar-refractivity contribution in [1.29, 1.82) is 0 Å². The lowest BCUT2D eigenvalue weighted by Crippen LogP contribution is -2.45. The van der Waals surface area contributed by atoms with Crippen LogP contribution in [0.3, 0.4) is 0 Å². The number of thiophene rings is 1. The van der Waals surface area contributed by atoms with Crippen molar-refractivity contribution in [3.8, 4) is 0 Å². The number of benzene rings is 1. The van der Waals surface area contributed by atoms with Gasteiger partial charge in [-0.3, -0.25) is 4.79 Å². The summed E-state index contributed by atoms with van der Waals surface area (Å²) in [6.45, 7) is 0.990.